The van der Waals surface area contributed by atoms with E-state index in [1.54, 1.807) is 38.3 Å². The lowest BCUT2D eigenvalue weighted by atomic mass is 9.93. The predicted molar refractivity (Wildman–Crippen MR) is 127 cm³/mol. The summed E-state index contributed by atoms with van der Waals surface area (Å²) in [4.78, 5) is 45.2. The van der Waals surface area contributed by atoms with Crippen molar-refractivity contribution in [2.45, 2.75) is 25.6 Å². The maximum atomic E-state index is 13.8. The van der Waals surface area contributed by atoms with Crippen LogP contribution >= 0.6 is 0 Å². The number of methoxy groups -OCH3 is 3. The number of amides is 2. The molecule has 4 rings (SSSR count). The van der Waals surface area contributed by atoms with Gasteiger partial charge in [0.1, 0.15) is 22.7 Å². The Hall–Kier alpha value is -4.34. The van der Waals surface area contributed by atoms with E-state index in [1.165, 1.54) is 30.0 Å². The highest BCUT2D eigenvalue weighted by Gasteiger charge is 2.49. The Kier molecular flexibility index (Phi) is 6.46. The molecule has 0 fully saturated rings. The number of carbonyl (C=O) groups excluding carboxylic acids is 3. The second-order valence-electron chi connectivity index (χ2n) is 8.17. The van der Waals surface area contributed by atoms with Gasteiger partial charge in [0.2, 0.25) is 5.91 Å². The number of anilines is 1. The summed E-state index contributed by atoms with van der Waals surface area (Å²) in [6.45, 7) is 1.93. The summed E-state index contributed by atoms with van der Waals surface area (Å²) < 4.78 is 17.0. The first-order chi connectivity index (χ1) is 16.8. The van der Waals surface area contributed by atoms with E-state index >= 15 is 0 Å². The van der Waals surface area contributed by atoms with E-state index in [0.29, 0.717) is 17.2 Å². The zero-order valence-corrected chi connectivity index (χ0v) is 19.9. The molecule has 3 aromatic rings. The Bertz CT molecular complexity index is 1290. The molecule has 1 aliphatic rings. The topological polar surface area (TPSA) is 112 Å². The van der Waals surface area contributed by atoms with Crippen LogP contribution in [-0.4, -0.2) is 54.2 Å². The quantitative estimate of drug-likeness (QED) is 0.519. The number of carbonyl (C=O) groups is 3. The Balaban J connectivity index is 1.76. The van der Waals surface area contributed by atoms with Crippen molar-refractivity contribution in [3.63, 3.8) is 0 Å². The van der Waals surface area contributed by atoms with Crippen LogP contribution in [-0.2, 0) is 22.6 Å². The smallest absolute Gasteiger partial charge is 0.359 e. The molecule has 0 saturated heterocycles. The summed E-state index contributed by atoms with van der Waals surface area (Å²) in [5, 5.41) is 2.93. The number of hydrogen-bond acceptors (Lipinski definition) is 7. The lowest BCUT2D eigenvalue weighted by Gasteiger charge is -2.43. The van der Waals surface area contributed by atoms with Crippen LogP contribution in [0.15, 0.2) is 54.9 Å². The van der Waals surface area contributed by atoms with Gasteiger partial charge in [-0.15, -0.1) is 0 Å². The van der Waals surface area contributed by atoms with Crippen molar-refractivity contribution in [2.24, 2.45) is 0 Å². The molecule has 10 nitrogen and oxygen atoms in total. The third-order valence-corrected chi connectivity index (χ3v) is 6.03. The van der Waals surface area contributed by atoms with Crippen LogP contribution in [0.5, 0.6) is 11.5 Å². The number of nitrogens with one attached hydrogen (secondary N) is 1. The average Bonchev–Trinajstić information content (AvgIpc) is 3.30. The van der Waals surface area contributed by atoms with Crippen LogP contribution in [0.2, 0.25) is 0 Å². The molecule has 0 aliphatic carbocycles. The number of para-hydroxylation sites is 1. The fraction of sp³-hybridized carbons (Fsp3) is 0.280. The van der Waals surface area contributed by atoms with Crippen LogP contribution in [0.1, 0.15) is 33.5 Å². The van der Waals surface area contributed by atoms with Crippen molar-refractivity contribution >= 4 is 23.5 Å². The summed E-state index contributed by atoms with van der Waals surface area (Å²) in [6.07, 6.45) is 1.37. The molecule has 1 N–H and O–H groups in total. The largest absolute Gasteiger partial charge is 0.497 e. The lowest BCUT2D eigenvalue weighted by molar-refractivity contribution is -0.126. The minimum absolute atomic E-state index is 0.0506. The van der Waals surface area contributed by atoms with E-state index < -0.39 is 23.3 Å². The van der Waals surface area contributed by atoms with E-state index in [9.17, 15) is 14.4 Å². The molecular weight excluding hydrogens is 452 g/mol. The van der Waals surface area contributed by atoms with Gasteiger partial charge in [-0.1, -0.05) is 24.3 Å². The first-order valence-electron chi connectivity index (χ1n) is 10.9. The second kappa shape index (κ2) is 9.49. The Morgan fingerprint density at radius 3 is 2.57 bits per heavy atom. The van der Waals surface area contributed by atoms with Gasteiger partial charge in [0.25, 0.3) is 5.91 Å². The van der Waals surface area contributed by atoms with Gasteiger partial charge in [0.05, 0.1) is 34.2 Å². The van der Waals surface area contributed by atoms with Gasteiger partial charge in [0.15, 0.2) is 5.69 Å². The molecule has 2 heterocycles. The minimum Gasteiger partial charge on any atom is -0.497 e. The summed E-state index contributed by atoms with van der Waals surface area (Å²) in [6, 6.07) is 14.2. The summed E-state index contributed by atoms with van der Waals surface area (Å²) in [7, 11) is 4.29. The summed E-state index contributed by atoms with van der Waals surface area (Å²) in [5.74, 6) is -0.529. The molecule has 10 heteroatoms. The molecule has 0 spiro atoms. The lowest BCUT2D eigenvalue weighted by Crippen LogP contribution is -2.64. The van der Waals surface area contributed by atoms with E-state index in [4.69, 9.17) is 14.2 Å². The molecule has 35 heavy (non-hydrogen) atoms. The summed E-state index contributed by atoms with van der Waals surface area (Å²) >= 11 is 0. The third kappa shape index (κ3) is 4.18. The van der Waals surface area contributed by atoms with Crippen LogP contribution in [0.25, 0.3) is 0 Å². The highest BCUT2D eigenvalue weighted by molar-refractivity contribution is 6.15. The second-order valence-corrected chi connectivity index (χ2v) is 8.17. The van der Waals surface area contributed by atoms with E-state index in [1.807, 2.05) is 24.3 Å². The zero-order chi connectivity index (χ0) is 25.2. The number of benzene rings is 2. The van der Waals surface area contributed by atoms with Gasteiger partial charge in [-0.2, -0.15) is 0 Å². The van der Waals surface area contributed by atoms with Crippen LogP contribution < -0.4 is 19.7 Å². The predicted octanol–water partition coefficient (Wildman–Crippen LogP) is 2.42. The average molecular weight is 479 g/mol. The van der Waals surface area contributed by atoms with Crippen molar-refractivity contribution in [3.05, 3.63) is 71.8 Å². The van der Waals surface area contributed by atoms with Crippen molar-refractivity contribution in [3.8, 4) is 11.5 Å². The molecule has 1 aromatic heterocycles. The molecule has 0 bridgehead atoms. The van der Waals surface area contributed by atoms with E-state index in [-0.39, 0.29) is 24.5 Å². The highest BCUT2D eigenvalue weighted by Crippen LogP contribution is 2.35. The first-order valence-corrected chi connectivity index (χ1v) is 10.9. The van der Waals surface area contributed by atoms with E-state index in [2.05, 4.69) is 10.3 Å². The Labute approximate surface area is 202 Å². The van der Waals surface area contributed by atoms with Crippen LogP contribution in [0.4, 0.5) is 5.69 Å². The van der Waals surface area contributed by atoms with Gasteiger partial charge in [0, 0.05) is 23.9 Å². The standard InChI is InChI=1S/C25H26N4O6/c1-25(24(32)26-13-16-8-5-6-11-19(16)34-3)14-28-15-27-20(23(31)35-4)21(28)22(30)29(25)17-9-7-10-18(12-17)33-2/h5-12,15H,13-14H2,1-4H3,(H,26,32). The third-order valence-electron chi connectivity index (χ3n) is 6.03. The van der Waals surface area contributed by atoms with Gasteiger partial charge < -0.3 is 24.1 Å². The number of nitrogens with zero attached hydrogens (tertiary/aromatic N) is 3. The van der Waals surface area contributed by atoms with E-state index in [0.717, 1.165) is 5.56 Å². The summed E-state index contributed by atoms with van der Waals surface area (Å²) in [5.41, 5.74) is -0.186. The normalized spacial score (nSPS) is 16.9. The maximum absolute atomic E-state index is 13.8. The van der Waals surface area contributed by atoms with Crippen molar-refractivity contribution in [2.75, 3.05) is 26.2 Å². The fourth-order valence-corrected chi connectivity index (χ4v) is 4.24. The highest BCUT2D eigenvalue weighted by atomic mass is 16.5. The van der Waals surface area contributed by atoms with Crippen LogP contribution in [0.3, 0.4) is 0 Å². The molecule has 0 saturated carbocycles. The number of aromatic nitrogens is 2. The molecule has 2 aromatic carbocycles. The van der Waals surface area contributed by atoms with Crippen molar-refractivity contribution in [1.29, 1.82) is 0 Å². The minimum atomic E-state index is -1.35. The molecule has 2 amide bonds. The number of rotatable bonds is 7. The monoisotopic (exact) mass is 478 g/mol. The molecule has 1 atom stereocenters. The van der Waals surface area contributed by atoms with Gasteiger partial charge >= 0.3 is 5.97 Å². The van der Waals surface area contributed by atoms with Crippen LogP contribution in [0, 0.1) is 0 Å². The zero-order valence-electron chi connectivity index (χ0n) is 19.9. The van der Waals surface area contributed by atoms with Crippen molar-refractivity contribution in [1.82, 2.24) is 14.9 Å². The number of hydrogen-bond donors (Lipinski definition) is 1. The molecule has 0 radical (unpaired) electrons. The SMILES string of the molecule is COC(=O)c1ncn2c1C(=O)N(c1cccc(OC)c1)C(C)(C(=O)NCc1ccccc1OC)C2. The number of fused-ring (bicyclic) bond motifs is 1. The van der Waals surface area contributed by atoms with Gasteiger partial charge in [-0.25, -0.2) is 9.78 Å². The molecular formula is C25H26N4O6. The first kappa shape index (κ1) is 23.8. The molecule has 1 aliphatic heterocycles. The molecule has 1 unspecified atom stereocenters. The van der Waals surface area contributed by atoms with Gasteiger partial charge in [-0.3, -0.25) is 14.5 Å². The number of ether oxygens (including phenoxy) is 3. The Morgan fingerprint density at radius 1 is 1.09 bits per heavy atom. The molecule has 182 valence electrons. The maximum Gasteiger partial charge on any atom is 0.359 e. The number of imidazole rings is 1. The number of esters is 1. The fourth-order valence-electron chi connectivity index (χ4n) is 4.24. The van der Waals surface area contributed by atoms with Crippen molar-refractivity contribution < 1.29 is 28.6 Å². The van der Waals surface area contributed by atoms with Gasteiger partial charge in [-0.05, 0) is 25.1 Å². The Morgan fingerprint density at radius 2 is 1.86 bits per heavy atom.